The number of benzene rings is 2. The first-order valence-electron chi connectivity index (χ1n) is 6.49. The van der Waals surface area contributed by atoms with Crippen LogP contribution in [0.2, 0.25) is 0 Å². The molecule has 2 aromatic rings. The molecule has 0 bridgehead atoms. The topological polar surface area (TPSA) is 29.5 Å². The predicted octanol–water partition coefficient (Wildman–Crippen LogP) is 3.84. The minimum Gasteiger partial charge on any atom is -0.384 e. The summed E-state index contributed by atoms with van der Waals surface area (Å²) in [6.07, 6.45) is 3.06. The highest BCUT2D eigenvalue weighted by atomic mass is 32.1. The van der Waals surface area contributed by atoms with Gasteiger partial charge in [-0.05, 0) is 16.7 Å². The molecule has 1 unspecified atom stereocenters. The number of ether oxygens (including phenoxy) is 1. The molecule has 0 aliphatic rings. The molecule has 20 heavy (non-hydrogen) atoms. The van der Waals surface area contributed by atoms with Crippen LogP contribution in [-0.4, -0.2) is 11.0 Å². The Balaban J connectivity index is 2.12. The summed E-state index contributed by atoms with van der Waals surface area (Å²) in [4.78, 5) is 0. The van der Waals surface area contributed by atoms with Gasteiger partial charge in [0.05, 0.1) is 18.6 Å². The third-order valence-electron chi connectivity index (χ3n) is 2.99. The Kier molecular flexibility index (Phi) is 5.87. The fourth-order valence-electron chi connectivity index (χ4n) is 1.98. The van der Waals surface area contributed by atoms with Gasteiger partial charge in [-0.2, -0.15) is 12.6 Å². The number of aliphatic hydroxyl groups is 1. The summed E-state index contributed by atoms with van der Waals surface area (Å²) in [5.41, 5.74) is 2.91. The van der Waals surface area contributed by atoms with Gasteiger partial charge < -0.3 is 9.84 Å². The van der Waals surface area contributed by atoms with Crippen molar-refractivity contribution in [2.75, 3.05) is 5.94 Å². The van der Waals surface area contributed by atoms with Gasteiger partial charge in [-0.1, -0.05) is 66.7 Å². The van der Waals surface area contributed by atoms with Gasteiger partial charge in [-0.25, -0.2) is 0 Å². The summed E-state index contributed by atoms with van der Waals surface area (Å²) in [5, 5.41) is 10.3. The number of hydrogen-bond acceptors (Lipinski definition) is 3. The molecule has 0 saturated carbocycles. The second kappa shape index (κ2) is 7.90. The Bertz CT molecular complexity index is 552. The molecule has 0 amide bonds. The molecule has 0 spiro atoms. The summed E-state index contributed by atoms with van der Waals surface area (Å²) < 4.78 is 5.30. The largest absolute Gasteiger partial charge is 0.384 e. The molecule has 0 saturated heterocycles. The molecule has 1 N–H and O–H groups in total. The van der Waals surface area contributed by atoms with E-state index in [1.807, 2.05) is 60.7 Å². The van der Waals surface area contributed by atoms with Gasteiger partial charge in [0.25, 0.3) is 0 Å². The van der Waals surface area contributed by atoms with E-state index in [0.29, 0.717) is 12.5 Å². The van der Waals surface area contributed by atoms with E-state index in [2.05, 4.69) is 12.6 Å². The lowest BCUT2D eigenvalue weighted by molar-refractivity contribution is 0.164. The average molecular weight is 286 g/mol. The van der Waals surface area contributed by atoms with Gasteiger partial charge in [0, 0.05) is 0 Å². The lowest BCUT2D eigenvalue weighted by Gasteiger charge is -2.12. The van der Waals surface area contributed by atoms with Crippen molar-refractivity contribution >= 4 is 18.7 Å². The Morgan fingerprint density at radius 1 is 1.05 bits per heavy atom. The van der Waals surface area contributed by atoms with Gasteiger partial charge in [-0.15, -0.1) is 0 Å². The van der Waals surface area contributed by atoms with Crippen LogP contribution in [0.5, 0.6) is 0 Å². The third-order valence-corrected chi connectivity index (χ3v) is 3.18. The quantitative estimate of drug-likeness (QED) is 0.624. The maximum atomic E-state index is 10.3. The highest BCUT2D eigenvalue weighted by Crippen LogP contribution is 2.21. The van der Waals surface area contributed by atoms with Crippen LogP contribution in [0, 0.1) is 0 Å². The molecule has 3 heteroatoms. The normalized spacial score (nSPS) is 12.7. The van der Waals surface area contributed by atoms with Crippen molar-refractivity contribution in [3.63, 3.8) is 0 Å². The van der Waals surface area contributed by atoms with Crippen LogP contribution in [0.1, 0.15) is 22.8 Å². The van der Waals surface area contributed by atoms with Crippen LogP contribution in [0.25, 0.3) is 6.08 Å². The highest BCUT2D eigenvalue weighted by molar-refractivity contribution is 7.80. The summed E-state index contributed by atoms with van der Waals surface area (Å²) in [5.74, 6) is 0.365. The molecule has 0 aromatic heterocycles. The van der Waals surface area contributed by atoms with Crippen molar-refractivity contribution in [3.8, 4) is 0 Å². The number of rotatable bonds is 6. The molecule has 104 valence electrons. The van der Waals surface area contributed by atoms with Crippen LogP contribution < -0.4 is 0 Å². The number of hydrogen-bond donors (Lipinski definition) is 2. The van der Waals surface area contributed by atoms with Crippen molar-refractivity contribution in [1.29, 1.82) is 0 Å². The summed E-state index contributed by atoms with van der Waals surface area (Å²) in [7, 11) is 0. The van der Waals surface area contributed by atoms with Crippen LogP contribution in [0.4, 0.5) is 0 Å². The van der Waals surface area contributed by atoms with Crippen LogP contribution in [0.15, 0.2) is 60.7 Å². The molecule has 0 heterocycles. The van der Waals surface area contributed by atoms with Crippen molar-refractivity contribution in [1.82, 2.24) is 0 Å². The van der Waals surface area contributed by atoms with E-state index < -0.39 is 6.10 Å². The summed E-state index contributed by atoms with van der Waals surface area (Å²) in [6, 6.07) is 17.6. The molecule has 2 rings (SSSR count). The van der Waals surface area contributed by atoms with Gasteiger partial charge >= 0.3 is 0 Å². The van der Waals surface area contributed by atoms with Crippen LogP contribution in [-0.2, 0) is 11.3 Å². The van der Waals surface area contributed by atoms with Crippen molar-refractivity contribution < 1.29 is 9.84 Å². The van der Waals surface area contributed by atoms with E-state index in [1.165, 1.54) is 0 Å². The summed E-state index contributed by atoms with van der Waals surface area (Å²) >= 11 is 4.03. The van der Waals surface area contributed by atoms with Crippen molar-refractivity contribution in [2.45, 2.75) is 12.7 Å². The average Bonchev–Trinajstić information content (AvgIpc) is 2.52. The summed E-state index contributed by atoms with van der Waals surface area (Å²) in [6.45, 7) is 0.454. The molecule has 0 radical (unpaired) electrons. The molecule has 0 aliphatic carbocycles. The van der Waals surface area contributed by atoms with Crippen molar-refractivity contribution in [3.05, 3.63) is 77.4 Å². The van der Waals surface area contributed by atoms with E-state index >= 15 is 0 Å². The minimum atomic E-state index is -0.644. The van der Waals surface area contributed by atoms with E-state index in [4.69, 9.17) is 4.74 Å². The SMILES string of the molecule is OC(C=Cc1ccccc1)c1ccccc1COCS. The maximum absolute atomic E-state index is 10.3. The molecular formula is C17H18O2S. The Morgan fingerprint density at radius 3 is 2.50 bits per heavy atom. The second-order valence-electron chi connectivity index (χ2n) is 4.39. The van der Waals surface area contributed by atoms with E-state index in [-0.39, 0.29) is 0 Å². The molecule has 0 fully saturated rings. The first-order chi connectivity index (χ1) is 9.81. The highest BCUT2D eigenvalue weighted by Gasteiger charge is 2.08. The minimum absolute atomic E-state index is 0.365. The van der Waals surface area contributed by atoms with E-state index in [1.54, 1.807) is 6.08 Å². The lowest BCUT2D eigenvalue weighted by Crippen LogP contribution is -2.01. The molecule has 2 nitrogen and oxygen atoms in total. The smallest absolute Gasteiger partial charge is 0.0978 e. The Hall–Kier alpha value is -1.55. The zero-order valence-electron chi connectivity index (χ0n) is 11.1. The zero-order chi connectivity index (χ0) is 14.2. The van der Waals surface area contributed by atoms with Gasteiger partial charge in [0.15, 0.2) is 0 Å². The van der Waals surface area contributed by atoms with Gasteiger partial charge in [0.1, 0.15) is 0 Å². The lowest BCUT2D eigenvalue weighted by atomic mass is 10.0. The standard InChI is InChI=1S/C17H18O2S/c18-17(11-10-14-6-2-1-3-7-14)16-9-5-4-8-15(16)12-19-13-20/h1-11,17-18,20H,12-13H2. The van der Waals surface area contributed by atoms with E-state index in [9.17, 15) is 5.11 Å². The van der Waals surface area contributed by atoms with Crippen LogP contribution in [0.3, 0.4) is 0 Å². The second-order valence-corrected chi connectivity index (χ2v) is 4.65. The van der Waals surface area contributed by atoms with Crippen LogP contribution >= 0.6 is 12.6 Å². The van der Waals surface area contributed by atoms with Crippen molar-refractivity contribution in [2.24, 2.45) is 0 Å². The monoisotopic (exact) mass is 286 g/mol. The first-order valence-corrected chi connectivity index (χ1v) is 7.12. The number of thiol groups is 1. The molecular weight excluding hydrogens is 268 g/mol. The Morgan fingerprint density at radius 2 is 1.75 bits per heavy atom. The van der Waals surface area contributed by atoms with Gasteiger partial charge in [0.2, 0.25) is 0 Å². The maximum Gasteiger partial charge on any atom is 0.0978 e. The fourth-order valence-corrected chi connectivity index (χ4v) is 2.07. The molecule has 1 atom stereocenters. The fraction of sp³-hybridized carbons (Fsp3) is 0.176. The van der Waals surface area contributed by atoms with E-state index in [0.717, 1.165) is 16.7 Å². The first kappa shape index (κ1) is 14.9. The Labute approximate surface area is 125 Å². The van der Waals surface area contributed by atoms with Gasteiger partial charge in [-0.3, -0.25) is 0 Å². The molecule has 0 aliphatic heterocycles. The number of aliphatic hydroxyl groups excluding tert-OH is 1. The third kappa shape index (κ3) is 4.23. The zero-order valence-corrected chi connectivity index (χ0v) is 12.0. The molecule has 2 aromatic carbocycles. The predicted molar refractivity (Wildman–Crippen MR) is 85.5 cm³/mol.